The van der Waals surface area contributed by atoms with E-state index in [0.717, 1.165) is 25.7 Å². The van der Waals surface area contributed by atoms with Gasteiger partial charge in [0, 0.05) is 18.5 Å². The maximum absolute atomic E-state index is 11.6. The smallest absolute Gasteiger partial charge is 0.179 e. The van der Waals surface area contributed by atoms with Crippen LogP contribution in [0.4, 0.5) is 5.82 Å². The van der Waals surface area contributed by atoms with Crippen LogP contribution in [0.2, 0.25) is 0 Å². The van der Waals surface area contributed by atoms with Crippen LogP contribution in [0.5, 0.6) is 0 Å². The van der Waals surface area contributed by atoms with Gasteiger partial charge in [0.25, 0.3) is 0 Å². The van der Waals surface area contributed by atoms with Crippen LogP contribution < -0.4 is 5.32 Å². The second kappa shape index (κ2) is 5.24. The van der Waals surface area contributed by atoms with Gasteiger partial charge >= 0.3 is 0 Å². The average Bonchev–Trinajstić information content (AvgIpc) is 2.31. The van der Waals surface area contributed by atoms with E-state index in [0.29, 0.717) is 5.82 Å². The highest BCUT2D eigenvalue weighted by molar-refractivity contribution is 7.90. The summed E-state index contributed by atoms with van der Waals surface area (Å²) in [6.45, 7) is 0. The zero-order valence-electron chi connectivity index (χ0n) is 10.3. The van der Waals surface area contributed by atoms with Crippen LogP contribution in [0.1, 0.15) is 25.7 Å². The summed E-state index contributed by atoms with van der Waals surface area (Å²) in [6, 6.07) is 3.36. The molecule has 2 N–H and O–H groups in total. The number of nitrogens with one attached hydrogen (secondary N) is 1. The Morgan fingerprint density at radius 2 is 2.00 bits per heavy atom. The lowest BCUT2D eigenvalue weighted by molar-refractivity contribution is 0.126. The number of hydrogen-bond donors (Lipinski definition) is 2. The summed E-state index contributed by atoms with van der Waals surface area (Å²) in [6.07, 6.45) is 5.70. The Hall–Kier alpha value is -1.14. The van der Waals surface area contributed by atoms with Gasteiger partial charge in [0.2, 0.25) is 0 Å². The molecule has 0 aliphatic heterocycles. The van der Waals surface area contributed by atoms with Crippen molar-refractivity contribution < 1.29 is 13.5 Å². The molecule has 0 aromatic carbocycles. The largest absolute Gasteiger partial charge is 0.393 e. The topological polar surface area (TPSA) is 79.3 Å². The van der Waals surface area contributed by atoms with Gasteiger partial charge in [-0.25, -0.2) is 13.4 Å². The number of sulfone groups is 1. The monoisotopic (exact) mass is 270 g/mol. The van der Waals surface area contributed by atoms with Crippen LogP contribution in [-0.2, 0) is 9.84 Å². The maximum atomic E-state index is 11.6. The van der Waals surface area contributed by atoms with Gasteiger partial charge in [-0.3, -0.25) is 0 Å². The molecule has 1 aromatic rings. The molecule has 18 heavy (non-hydrogen) atoms. The Kier molecular flexibility index (Phi) is 3.87. The zero-order chi connectivity index (χ0) is 13.2. The van der Waals surface area contributed by atoms with Crippen molar-refractivity contribution in [3.05, 3.63) is 18.3 Å². The number of rotatable bonds is 3. The quantitative estimate of drug-likeness (QED) is 0.862. The van der Waals surface area contributed by atoms with Gasteiger partial charge in [0.1, 0.15) is 10.7 Å². The SMILES string of the molecule is CS(=O)(=O)c1cccnc1NC1CCC(O)CC1. The summed E-state index contributed by atoms with van der Waals surface area (Å²) < 4.78 is 23.3. The molecule has 1 aliphatic rings. The lowest BCUT2D eigenvalue weighted by Gasteiger charge is -2.27. The molecule has 1 aliphatic carbocycles. The number of nitrogens with zero attached hydrogens (tertiary/aromatic N) is 1. The molecule has 0 amide bonds. The van der Waals surface area contributed by atoms with E-state index in [2.05, 4.69) is 10.3 Å². The number of aliphatic hydroxyl groups excluding tert-OH is 1. The Morgan fingerprint density at radius 1 is 1.33 bits per heavy atom. The highest BCUT2D eigenvalue weighted by Gasteiger charge is 2.22. The van der Waals surface area contributed by atoms with Crippen LogP contribution in [0, 0.1) is 0 Å². The van der Waals surface area contributed by atoms with Crippen molar-refractivity contribution in [1.29, 1.82) is 0 Å². The number of pyridine rings is 1. The molecule has 1 fully saturated rings. The van der Waals surface area contributed by atoms with Gasteiger partial charge in [0.05, 0.1) is 6.10 Å². The van der Waals surface area contributed by atoms with E-state index in [1.54, 1.807) is 18.3 Å². The fraction of sp³-hybridized carbons (Fsp3) is 0.583. The number of aliphatic hydroxyl groups is 1. The van der Waals surface area contributed by atoms with Crippen LogP contribution in [-0.4, -0.2) is 36.9 Å². The molecule has 0 spiro atoms. The summed E-state index contributed by atoms with van der Waals surface area (Å²) in [7, 11) is -3.27. The second-order valence-corrected chi connectivity index (χ2v) is 6.76. The Labute approximate surface area is 107 Å². The van der Waals surface area contributed by atoms with E-state index in [4.69, 9.17) is 0 Å². The highest BCUT2D eigenvalue weighted by Crippen LogP contribution is 2.24. The van der Waals surface area contributed by atoms with Crippen LogP contribution in [0.25, 0.3) is 0 Å². The molecule has 1 aromatic heterocycles. The van der Waals surface area contributed by atoms with Crippen LogP contribution in [0.15, 0.2) is 23.2 Å². The molecular weight excluding hydrogens is 252 g/mol. The van der Waals surface area contributed by atoms with Crippen LogP contribution in [0.3, 0.4) is 0 Å². The molecule has 1 saturated carbocycles. The molecule has 0 unspecified atom stereocenters. The Balaban J connectivity index is 2.15. The number of hydrogen-bond acceptors (Lipinski definition) is 5. The molecule has 0 bridgehead atoms. The maximum Gasteiger partial charge on any atom is 0.179 e. The first kappa shape index (κ1) is 13.3. The summed E-state index contributed by atoms with van der Waals surface area (Å²) in [5.74, 6) is 0.418. The molecule has 0 radical (unpaired) electrons. The zero-order valence-corrected chi connectivity index (χ0v) is 11.2. The Bertz CT molecular complexity index is 508. The fourth-order valence-corrected chi connectivity index (χ4v) is 3.00. The second-order valence-electron chi connectivity index (χ2n) is 4.77. The highest BCUT2D eigenvalue weighted by atomic mass is 32.2. The third-order valence-corrected chi connectivity index (χ3v) is 4.34. The first-order valence-corrected chi connectivity index (χ1v) is 7.95. The Morgan fingerprint density at radius 3 is 2.61 bits per heavy atom. The van der Waals surface area contributed by atoms with Gasteiger partial charge in [-0.15, -0.1) is 0 Å². The van der Waals surface area contributed by atoms with Gasteiger partial charge in [-0.05, 0) is 37.8 Å². The van der Waals surface area contributed by atoms with Crippen molar-refractivity contribution >= 4 is 15.7 Å². The number of aromatic nitrogens is 1. The van der Waals surface area contributed by atoms with Crippen molar-refractivity contribution in [3.63, 3.8) is 0 Å². The van der Waals surface area contributed by atoms with Gasteiger partial charge in [-0.1, -0.05) is 0 Å². The molecule has 1 heterocycles. The summed E-state index contributed by atoms with van der Waals surface area (Å²) in [4.78, 5) is 4.34. The third-order valence-electron chi connectivity index (χ3n) is 3.21. The normalized spacial score (nSPS) is 24.8. The average molecular weight is 270 g/mol. The predicted octanol–water partition coefficient (Wildman–Crippen LogP) is 1.20. The third kappa shape index (κ3) is 3.20. The first-order valence-electron chi connectivity index (χ1n) is 6.06. The van der Waals surface area contributed by atoms with Gasteiger partial charge < -0.3 is 10.4 Å². The van der Waals surface area contributed by atoms with Crippen LogP contribution >= 0.6 is 0 Å². The fourth-order valence-electron chi connectivity index (χ4n) is 2.21. The van der Waals surface area contributed by atoms with E-state index in [9.17, 15) is 13.5 Å². The van der Waals surface area contributed by atoms with Gasteiger partial charge in [0.15, 0.2) is 9.84 Å². The van der Waals surface area contributed by atoms with E-state index >= 15 is 0 Å². The van der Waals surface area contributed by atoms with Crippen molar-refractivity contribution in [2.45, 2.75) is 42.7 Å². The minimum absolute atomic E-state index is 0.184. The van der Waals surface area contributed by atoms with Gasteiger partial charge in [-0.2, -0.15) is 0 Å². The molecule has 5 nitrogen and oxygen atoms in total. The molecule has 100 valence electrons. The molecular formula is C12H18N2O3S. The van der Waals surface area contributed by atoms with Crippen molar-refractivity contribution in [3.8, 4) is 0 Å². The molecule has 2 rings (SSSR count). The lowest BCUT2D eigenvalue weighted by Crippen LogP contribution is -2.29. The first-order chi connectivity index (χ1) is 8.47. The van der Waals surface area contributed by atoms with E-state index < -0.39 is 9.84 Å². The molecule has 6 heteroatoms. The molecule has 0 atom stereocenters. The summed E-state index contributed by atoms with van der Waals surface area (Å²) in [5, 5.41) is 12.6. The summed E-state index contributed by atoms with van der Waals surface area (Å²) in [5.41, 5.74) is 0. The summed E-state index contributed by atoms with van der Waals surface area (Å²) >= 11 is 0. The predicted molar refractivity (Wildman–Crippen MR) is 69.2 cm³/mol. The lowest BCUT2D eigenvalue weighted by atomic mass is 9.93. The van der Waals surface area contributed by atoms with E-state index in [-0.39, 0.29) is 17.0 Å². The standard InChI is InChI=1S/C12H18N2O3S/c1-18(16,17)11-3-2-8-13-12(11)14-9-4-6-10(15)7-5-9/h2-3,8-10,15H,4-7H2,1H3,(H,13,14). The minimum Gasteiger partial charge on any atom is -0.393 e. The van der Waals surface area contributed by atoms with E-state index in [1.165, 1.54) is 6.26 Å². The minimum atomic E-state index is -3.27. The van der Waals surface area contributed by atoms with Crippen molar-refractivity contribution in [1.82, 2.24) is 4.98 Å². The van der Waals surface area contributed by atoms with Crippen molar-refractivity contribution in [2.24, 2.45) is 0 Å². The van der Waals surface area contributed by atoms with E-state index in [1.807, 2.05) is 0 Å². The van der Waals surface area contributed by atoms with Crippen molar-refractivity contribution in [2.75, 3.05) is 11.6 Å². The number of anilines is 1. The molecule has 0 saturated heterocycles.